The van der Waals surface area contributed by atoms with E-state index in [1.54, 1.807) is 0 Å². The summed E-state index contributed by atoms with van der Waals surface area (Å²) in [6, 6.07) is 0. The molecular weight excluding hydrogens is 236 g/mol. The summed E-state index contributed by atoms with van der Waals surface area (Å²) >= 11 is 9.29. The van der Waals surface area contributed by atoms with E-state index in [1.165, 1.54) is 0 Å². The molecule has 0 aromatic carbocycles. The van der Waals surface area contributed by atoms with Gasteiger partial charge in [-0.25, -0.2) is 10.0 Å². The molecular formula is C5H14N8S2. The number of nitrogens with two attached hydrogens (primary N) is 2. The second kappa shape index (κ2) is 5.95. The molecule has 1 fully saturated rings. The number of thiocarbonyl (C=S) groups is 2. The van der Waals surface area contributed by atoms with Crippen LogP contribution < -0.4 is 33.4 Å². The van der Waals surface area contributed by atoms with Crippen LogP contribution in [0.5, 0.6) is 0 Å². The van der Waals surface area contributed by atoms with E-state index in [0.717, 1.165) is 13.1 Å². The van der Waals surface area contributed by atoms with Gasteiger partial charge in [-0.2, -0.15) is 11.1 Å². The van der Waals surface area contributed by atoms with Crippen LogP contribution in [0.1, 0.15) is 0 Å². The van der Waals surface area contributed by atoms with Crippen LogP contribution in [0.3, 0.4) is 0 Å². The minimum absolute atomic E-state index is 0.197. The molecule has 0 aliphatic carbocycles. The molecule has 0 aromatic rings. The molecule has 0 amide bonds. The predicted molar refractivity (Wildman–Crippen MR) is 64.4 cm³/mol. The van der Waals surface area contributed by atoms with Crippen LogP contribution in [-0.4, -0.2) is 40.0 Å². The van der Waals surface area contributed by atoms with Gasteiger partial charge in [0.05, 0.1) is 6.67 Å². The van der Waals surface area contributed by atoms with E-state index in [0.29, 0.717) is 6.67 Å². The minimum atomic E-state index is 0.197. The Morgan fingerprint density at radius 2 is 1.33 bits per heavy atom. The first kappa shape index (κ1) is 12.3. The van der Waals surface area contributed by atoms with Crippen LogP contribution in [-0.2, 0) is 0 Å². The van der Waals surface area contributed by atoms with Crippen molar-refractivity contribution in [3.63, 3.8) is 0 Å². The zero-order valence-corrected chi connectivity index (χ0v) is 9.62. The highest BCUT2D eigenvalue weighted by Crippen LogP contribution is 1.95. The molecule has 0 atom stereocenters. The molecule has 0 spiro atoms. The first-order valence-corrected chi connectivity index (χ1v) is 5.01. The van der Waals surface area contributed by atoms with Crippen LogP contribution in [0.4, 0.5) is 0 Å². The lowest BCUT2D eigenvalue weighted by Gasteiger charge is -2.20. The fourth-order valence-corrected chi connectivity index (χ4v) is 1.13. The highest BCUT2D eigenvalue weighted by molar-refractivity contribution is 7.80. The molecule has 86 valence electrons. The smallest absolute Gasteiger partial charge is 0.179 e. The third kappa shape index (κ3) is 5.01. The summed E-state index contributed by atoms with van der Waals surface area (Å²) in [5, 5.41) is 4.16. The molecule has 0 unspecified atom stereocenters. The molecule has 15 heavy (non-hydrogen) atoms. The number of hydrazine groups is 4. The van der Waals surface area contributed by atoms with E-state index in [2.05, 4.69) is 46.4 Å². The van der Waals surface area contributed by atoms with Gasteiger partial charge in [-0.15, -0.1) is 0 Å². The van der Waals surface area contributed by atoms with E-state index in [-0.39, 0.29) is 10.2 Å². The Morgan fingerprint density at radius 1 is 0.933 bits per heavy atom. The summed E-state index contributed by atoms with van der Waals surface area (Å²) in [4.78, 5) is 0. The SMILES string of the molecule is NC(=S)NNN1CCN(NNC(N)=S)C1. The van der Waals surface area contributed by atoms with Gasteiger partial charge in [-0.05, 0) is 24.4 Å². The highest BCUT2D eigenvalue weighted by atomic mass is 32.1. The fourth-order valence-electron chi connectivity index (χ4n) is 1.04. The van der Waals surface area contributed by atoms with E-state index >= 15 is 0 Å². The van der Waals surface area contributed by atoms with Gasteiger partial charge in [0.1, 0.15) is 0 Å². The standard InChI is InChI=1S/C5H14N8S2/c6-4(14)8-10-12-1-2-13(3-12)11-9-5(7)15/h10-11H,1-3H2,(H3,6,8,14)(H3,7,9,15). The molecule has 0 bridgehead atoms. The molecule has 1 rings (SSSR count). The van der Waals surface area contributed by atoms with Gasteiger partial charge in [-0.3, -0.25) is 10.9 Å². The van der Waals surface area contributed by atoms with Crippen molar-refractivity contribution in [1.82, 2.24) is 31.9 Å². The van der Waals surface area contributed by atoms with Crippen LogP contribution >= 0.6 is 24.4 Å². The minimum Gasteiger partial charge on any atom is -0.375 e. The van der Waals surface area contributed by atoms with Gasteiger partial charge in [0, 0.05) is 13.1 Å². The van der Waals surface area contributed by atoms with E-state index in [9.17, 15) is 0 Å². The first-order chi connectivity index (χ1) is 7.08. The number of nitrogens with one attached hydrogen (secondary N) is 4. The normalized spacial score (nSPS) is 17.6. The maximum atomic E-state index is 5.26. The zero-order valence-electron chi connectivity index (χ0n) is 7.99. The van der Waals surface area contributed by atoms with Gasteiger partial charge in [0.25, 0.3) is 0 Å². The van der Waals surface area contributed by atoms with Crippen LogP contribution in [0, 0.1) is 0 Å². The van der Waals surface area contributed by atoms with E-state index in [4.69, 9.17) is 11.5 Å². The molecule has 0 aromatic heterocycles. The Hall–Kier alpha value is -0.780. The molecule has 1 aliphatic rings. The summed E-state index contributed by atoms with van der Waals surface area (Å²) in [6.07, 6.45) is 0. The zero-order chi connectivity index (χ0) is 11.3. The average molecular weight is 250 g/mol. The molecule has 0 radical (unpaired) electrons. The predicted octanol–water partition coefficient (Wildman–Crippen LogP) is -2.93. The first-order valence-electron chi connectivity index (χ1n) is 4.20. The summed E-state index contributed by atoms with van der Waals surface area (Å²) in [7, 11) is 0. The van der Waals surface area contributed by atoms with Gasteiger partial charge in [-0.1, -0.05) is 0 Å². The van der Waals surface area contributed by atoms with Crippen molar-refractivity contribution in [2.75, 3.05) is 19.8 Å². The number of nitrogens with zero attached hydrogens (tertiary/aromatic N) is 2. The van der Waals surface area contributed by atoms with Crippen molar-refractivity contribution in [1.29, 1.82) is 0 Å². The number of hydrogen-bond acceptors (Lipinski definition) is 6. The number of hydrogen-bond donors (Lipinski definition) is 6. The lowest BCUT2D eigenvalue weighted by molar-refractivity contribution is 0.131. The van der Waals surface area contributed by atoms with Crippen molar-refractivity contribution >= 4 is 34.7 Å². The van der Waals surface area contributed by atoms with Crippen molar-refractivity contribution in [2.24, 2.45) is 11.5 Å². The highest BCUT2D eigenvalue weighted by Gasteiger charge is 2.19. The van der Waals surface area contributed by atoms with Gasteiger partial charge < -0.3 is 11.5 Å². The molecule has 8 nitrogen and oxygen atoms in total. The Balaban J connectivity index is 2.15. The molecule has 0 saturated carbocycles. The van der Waals surface area contributed by atoms with E-state index < -0.39 is 0 Å². The van der Waals surface area contributed by atoms with Gasteiger partial charge >= 0.3 is 0 Å². The van der Waals surface area contributed by atoms with Crippen LogP contribution in [0.2, 0.25) is 0 Å². The summed E-state index contributed by atoms with van der Waals surface area (Å²) in [5.74, 6) is 0. The van der Waals surface area contributed by atoms with Gasteiger partial charge in [0.15, 0.2) is 10.2 Å². The quantitative estimate of drug-likeness (QED) is 0.229. The molecule has 1 aliphatic heterocycles. The Kier molecular flexibility index (Phi) is 4.87. The lowest BCUT2D eigenvalue weighted by atomic mass is 10.7. The van der Waals surface area contributed by atoms with E-state index in [1.807, 2.05) is 10.0 Å². The molecule has 8 N–H and O–H groups in total. The average Bonchev–Trinajstić information content (AvgIpc) is 2.59. The van der Waals surface area contributed by atoms with Crippen LogP contribution in [0.25, 0.3) is 0 Å². The summed E-state index contributed by atoms with van der Waals surface area (Å²) in [5.41, 5.74) is 21.5. The Bertz CT molecular complexity index is 221. The Labute approximate surface area is 98.2 Å². The lowest BCUT2D eigenvalue weighted by Crippen LogP contribution is -2.53. The number of rotatable bonds is 4. The summed E-state index contributed by atoms with van der Waals surface area (Å²) < 4.78 is 0. The maximum absolute atomic E-state index is 5.26. The second-order valence-electron chi connectivity index (χ2n) is 2.87. The van der Waals surface area contributed by atoms with Crippen LogP contribution in [0.15, 0.2) is 0 Å². The monoisotopic (exact) mass is 250 g/mol. The third-order valence-electron chi connectivity index (χ3n) is 1.66. The molecule has 1 heterocycles. The molecule has 1 saturated heterocycles. The largest absolute Gasteiger partial charge is 0.375 e. The van der Waals surface area contributed by atoms with Crippen molar-refractivity contribution in [3.05, 3.63) is 0 Å². The third-order valence-corrected chi connectivity index (χ3v) is 1.86. The topological polar surface area (TPSA) is 107 Å². The van der Waals surface area contributed by atoms with Gasteiger partial charge in [0.2, 0.25) is 0 Å². The Morgan fingerprint density at radius 3 is 1.67 bits per heavy atom. The maximum Gasteiger partial charge on any atom is 0.179 e. The molecule has 10 heteroatoms. The summed E-state index contributed by atoms with van der Waals surface area (Å²) in [6.45, 7) is 2.24. The van der Waals surface area contributed by atoms with Crippen molar-refractivity contribution in [2.45, 2.75) is 0 Å². The van der Waals surface area contributed by atoms with Crippen molar-refractivity contribution < 1.29 is 0 Å². The second-order valence-corrected chi connectivity index (χ2v) is 3.75. The fraction of sp³-hybridized carbons (Fsp3) is 0.600. The van der Waals surface area contributed by atoms with Crippen molar-refractivity contribution in [3.8, 4) is 0 Å².